The lowest BCUT2D eigenvalue weighted by Crippen LogP contribution is -2.48. The summed E-state index contributed by atoms with van der Waals surface area (Å²) in [6, 6.07) is 0.144. The molecule has 2 heterocycles. The third kappa shape index (κ3) is 7.79. The molecule has 0 radical (unpaired) electrons. The van der Waals surface area contributed by atoms with Crippen molar-refractivity contribution in [1.82, 2.24) is 9.80 Å². The minimum atomic E-state index is -1.17. The van der Waals surface area contributed by atoms with Crippen LogP contribution in [0.5, 0.6) is 0 Å². The van der Waals surface area contributed by atoms with Crippen molar-refractivity contribution in [3.05, 3.63) is 11.6 Å². The van der Waals surface area contributed by atoms with Gasteiger partial charge in [-0.3, -0.25) is 14.5 Å². The van der Waals surface area contributed by atoms with E-state index in [1.807, 2.05) is 4.90 Å². The van der Waals surface area contributed by atoms with Gasteiger partial charge in [-0.1, -0.05) is 18.1 Å². The number of nitrogens with two attached hydrogens (primary N) is 2. The largest absolute Gasteiger partial charge is 0.481 e. The second-order valence-electron chi connectivity index (χ2n) is 9.73. The summed E-state index contributed by atoms with van der Waals surface area (Å²) in [6.07, 6.45) is 12.4. The fraction of sp³-hybridized carbons (Fsp3) is 0.792. The van der Waals surface area contributed by atoms with Crippen molar-refractivity contribution in [2.24, 2.45) is 16.5 Å². The van der Waals surface area contributed by atoms with Gasteiger partial charge in [0.15, 0.2) is 5.96 Å². The average molecular weight is 464 g/mol. The minimum Gasteiger partial charge on any atom is -0.481 e. The number of rotatable bonds is 8. The van der Waals surface area contributed by atoms with Crippen molar-refractivity contribution in [2.75, 3.05) is 26.2 Å². The number of ether oxygens (including phenoxy) is 1. The van der Waals surface area contributed by atoms with Crippen LogP contribution in [-0.2, 0) is 14.3 Å². The molecule has 0 bridgehead atoms. The maximum absolute atomic E-state index is 11.9. The summed E-state index contributed by atoms with van der Waals surface area (Å²) in [7, 11) is 0. The van der Waals surface area contributed by atoms with E-state index < -0.39 is 24.3 Å². The summed E-state index contributed by atoms with van der Waals surface area (Å²) in [5.41, 5.74) is 13.1. The quantitative estimate of drug-likeness (QED) is 0.282. The van der Waals surface area contributed by atoms with Gasteiger partial charge in [0.05, 0.1) is 18.6 Å². The zero-order valence-corrected chi connectivity index (χ0v) is 20.0. The standard InChI is InChI=1S/C24H41N5O4/c1-17-5-4-7-19(15-17)29-11-3-2-6-18(29)10-14-33-20-8-12-28(13-9-20)24(26)27-23(32)21(25)16-22(30)31/h5,18-21H,2-4,6-16,25H2,1H3,(H,30,31)(H2,26,27,32)/t18-,19?,21?/m0/s1. The van der Waals surface area contributed by atoms with E-state index in [4.69, 9.17) is 21.3 Å². The number of allylic oxidation sites excluding steroid dienone is 1. The van der Waals surface area contributed by atoms with Gasteiger partial charge in [-0.25, -0.2) is 0 Å². The first kappa shape index (κ1) is 25.6. The van der Waals surface area contributed by atoms with Crippen LogP contribution in [0.25, 0.3) is 0 Å². The number of likely N-dealkylation sites (tertiary alicyclic amines) is 2. The summed E-state index contributed by atoms with van der Waals surface area (Å²) in [5, 5.41) is 8.75. The molecule has 9 nitrogen and oxygen atoms in total. The number of carboxylic acids is 1. The molecular weight excluding hydrogens is 422 g/mol. The number of piperidine rings is 2. The Kier molecular flexibility index (Phi) is 9.70. The van der Waals surface area contributed by atoms with E-state index in [-0.39, 0.29) is 12.1 Å². The molecule has 2 unspecified atom stereocenters. The molecule has 0 aromatic rings. The minimum absolute atomic E-state index is 0.106. The number of carbonyl (C=O) groups excluding carboxylic acids is 1. The van der Waals surface area contributed by atoms with Crippen LogP contribution in [0.3, 0.4) is 0 Å². The fourth-order valence-corrected chi connectivity index (χ4v) is 5.34. The molecule has 5 N–H and O–H groups in total. The van der Waals surface area contributed by atoms with E-state index in [1.165, 1.54) is 50.6 Å². The van der Waals surface area contributed by atoms with Gasteiger partial charge in [0, 0.05) is 31.8 Å². The van der Waals surface area contributed by atoms with E-state index >= 15 is 0 Å². The van der Waals surface area contributed by atoms with Crippen molar-refractivity contribution in [3.63, 3.8) is 0 Å². The molecule has 0 aromatic heterocycles. The van der Waals surface area contributed by atoms with Gasteiger partial charge in [-0.15, -0.1) is 0 Å². The van der Waals surface area contributed by atoms with Crippen LogP contribution in [0.2, 0.25) is 0 Å². The van der Waals surface area contributed by atoms with Gasteiger partial charge in [0.1, 0.15) is 0 Å². The van der Waals surface area contributed by atoms with E-state index in [0.29, 0.717) is 25.2 Å². The number of carboxylic acid groups (broad SMARTS) is 1. The molecule has 9 heteroatoms. The molecule has 0 saturated carbocycles. The number of guanidine groups is 1. The van der Waals surface area contributed by atoms with Crippen LogP contribution in [0.1, 0.15) is 71.1 Å². The normalized spacial score (nSPS) is 26.7. The summed E-state index contributed by atoms with van der Waals surface area (Å²) in [5.74, 6) is -1.73. The number of hydrogen-bond donors (Lipinski definition) is 3. The molecule has 3 atom stereocenters. The third-order valence-corrected chi connectivity index (χ3v) is 7.20. The number of amides is 1. The van der Waals surface area contributed by atoms with Crippen LogP contribution < -0.4 is 11.5 Å². The lowest BCUT2D eigenvalue weighted by Gasteiger charge is -2.43. The molecule has 33 heavy (non-hydrogen) atoms. The molecular formula is C24H41N5O4. The SMILES string of the molecule is CC1=CCCC(N2CCCC[C@H]2CCOC2CCN(C(N)=NC(=O)C(N)CC(=O)O)CC2)C1. The first-order valence-electron chi connectivity index (χ1n) is 12.5. The maximum Gasteiger partial charge on any atom is 0.305 e. The number of hydrogen-bond acceptors (Lipinski definition) is 5. The van der Waals surface area contributed by atoms with Crippen LogP contribution in [-0.4, -0.2) is 83.2 Å². The number of nitrogens with zero attached hydrogens (tertiary/aromatic N) is 3. The van der Waals surface area contributed by atoms with Gasteiger partial charge < -0.3 is 26.2 Å². The van der Waals surface area contributed by atoms with Crippen LogP contribution in [0.4, 0.5) is 0 Å². The van der Waals surface area contributed by atoms with E-state index in [9.17, 15) is 9.59 Å². The fourth-order valence-electron chi connectivity index (χ4n) is 5.34. The van der Waals surface area contributed by atoms with Crippen LogP contribution in [0, 0.1) is 0 Å². The van der Waals surface area contributed by atoms with Gasteiger partial charge >= 0.3 is 5.97 Å². The monoisotopic (exact) mass is 463 g/mol. The Morgan fingerprint density at radius 1 is 1.21 bits per heavy atom. The Balaban J connectivity index is 1.39. The number of aliphatic carboxylic acids is 1. The van der Waals surface area contributed by atoms with Crippen molar-refractivity contribution in [3.8, 4) is 0 Å². The van der Waals surface area contributed by atoms with Crippen molar-refractivity contribution >= 4 is 17.8 Å². The van der Waals surface area contributed by atoms with Crippen molar-refractivity contribution < 1.29 is 19.4 Å². The second kappa shape index (κ2) is 12.5. The molecule has 1 amide bonds. The summed E-state index contributed by atoms with van der Waals surface area (Å²) in [4.78, 5) is 31.0. The highest BCUT2D eigenvalue weighted by atomic mass is 16.5. The summed E-state index contributed by atoms with van der Waals surface area (Å²) >= 11 is 0. The molecule has 1 aliphatic carbocycles. The molecule has 3 aliphatic rings. The second-order valence-corrected chi connectivity index (χ2v) is 9.73. The van der Waals surface area contributed by atoms with Crippen LogP contribution >= 0.6 is 0 Å². The summed E-state index contributed by atoms with van der Waals surface area (Å²) in [6.45, 7) is 5.57. The van der Waals surface area contributed by atoms with E-state index in [2.05, 4.69) is 22.9 Å². The van der Waals surface area contributed by atoms with Gasteiger partial charge in [-0.2, -0.15) is 4.99 Å². The molecule has 2 fully saturated rings. The molecule has 0 aromatic carbocycles. The number of carbonyl (C=O) groups is 2. The van der Waals surface area contributed by atoms with Gasteiger partial charge in [-0.05, 0) is 64.8 Å². The number of aliphatic imine (C=N–C) groups is 1. The molecule has 2 saturated heterocycles. The third-order valence-electron chi connectivity index (χ3n) is 7.20. The average Bonchev–Trinajstić information content (AvgIpc) is 2.79. The first-order chi connectivity index (χ1) is 15.8. The van der Waals surface area contributed by atoms with Crippen LogP contribution in [0.15, 0.2) is 16.6 Å². The van der Waals surface area contributed by atoms with E-state index in [0.717, 1.165) is 25.9 Å². The molecule has 2 aliphatic heterocycles. The Hall–Kier alpha value is -1.97. The Labute approximate surface area is 197 Å². The Morgan fingerprint density at radius 2 is 1.97 bits per heavy atom. The molecule has 3 rings (SSSR count). The van der Waals surface area contributed by atoms with Crippen molar-refractivity contribution in [2.45, 2.75) is 95.4 Å². The zero-order valence-electron chi connectivity index (χ0n) is 20.0. The highest BCUT2D eigenvalue weighted by Crippen LogP contribution is 2.30. The predicted octanol–water partition coefficient (Wildman–Crippen LogP) is 1.85. The molecule has 0 spiro atoms. The van der Waals surface area contributed by atoms with E-state index in [1.54, 1.807) is 0 Å². The van der Waals surface area contributed by atoms with Gasteiger partial charge in [0.2, 0.25) is 0 Å². The predicted molar refractivity (Wildman–Crippen MR) is 128 cm³/mol. The topological polar surface area (TPSA) is 134 Å². The van der Waals surface area contributed by atoms with Gasteiger partial charge in [0.25, 0.3) is 5.91 Å². The highest BCUT2D eigenvalue weighted by Gasteiger charge is 2.30. The Morgan fingerprint density at radius 3 is 2.67 bits per heavy atom. The maximum atomic E-state index is 11.9. The zero-order chi connectivity index (χ0) is 23.8. The lowest BCUT2D eigenvalue weighted by atomic mass is 9.89. The first-order valence-corrected chi connectivity index (χ1v) is 12.5. The molecule has 186 valence electrons. The lowest BCUT2D eigenvalue weighted by molar-refractivity contribution is -0.139. The highest BCUT2D eigenvalue weighted by molar-refractivity contribution is 5.96. The smallest absolute Gasteiger partial charge is 0.305 e. The van der Waals surface area contributed by atoms with Crippen molar-refractivity contribution in [1.29, 1.82) is 0 Å². The Bertz CT molecular complexity index is 732. The summed E-state index contributed by atoms with van der Waals surface area (Å²) < 4.78 is 6.24.